The Labute approximate surface area is 118 Å². The van der Waals surface area contributed by atoms with E-state index in [0.717, 1.165) is 11.1 Å². The molecule has 0 radical (unpaired) electrons. The largest absolute Gasteiger partial charge is 0.444 e. The lowest BCUT2D eigenvalue weighted by atomic mass is 10.1. The summed E-state index contributed by atoms with van der Waals surface area (Å²) < 4.78 is 5.15. The number of hydrogen-bond acceptors (Lipinski definition) is 4. The maximum Gasteiger partial charge on any atom is 0.407 e. The Kier molecular flexibility index (Phi) is 5.67. The summed E-state index contributed by atoms with van der Waals surface area (Å²) in [6.45, 7) is 6.46. The first-order valence-electron chi connectivity index (χ1n) is 5.99. The molecule has 1 rings (SSSR count). The maximum absolute atomic E-state index is 11.5. The van der Waals surface area contributed by atoms with Crippen molar-refractivity contribution in [1.82, 2.24) is 5.32 Å². The second-order valence-corrected chi connectivity index (χ2v) is 5.26. The molecule has 1 aromatic rings. The number of aliphatic imine (C=N–C) groups is 1. The van der Waals surface area contributed by atoms with Gasteiger partial charge in [0.1, 0.15) is 5.60 Å². The molecule has 0 atom stereocenters. The molecule has 0 fully saturated rings. The summed E-state index contributed by atoms with van der Waals surface area (Å²) >= 11 is 4.51. The van der Waals surface area contributed by atoms with Crippen molar-refractivity contribution in [3.8, 4) is 0 Å². The summed E-state index contributed by atoms with van der Waals surface area (Å²) in [5.74, 6) is 0. The Morgan fingerprint density at radius 1 is 1.32 bits per heavy atom. The SMILES string of the molecule is CC(C)(C)OC(=O)NCc1ccc(CN=C=S)cc1. The molecule has 0 saturated heterocycles. The van der Waals surface area contributed by atoms with Crippen LogP contribution in [0, 0.1) is 0 Å². The Morgan fingerprint density at radius 2 is 1.89 bits per heavy atom. The quantitative estimate of drug-likeness (QED) is 0.679. The van der Waals surface area contributed by atoms with Gasteiger partial charge in [-0.05, 0) is 44.1 Å². The molecule has 0 bridgehead atoms. The van der Waals surface area contributed by atoms with Crippen LogP contribution in [0.2, 0.25) is 0 Å². The van der Waals surface area contributed by atoms with Crippen LogP contribution in [-0.4, -0.2) is 16.9 Å². The Hall–Kier alpha value is -1.71. The van der Waals surface area contributed by atoms with E-state index in [1.165, 1.54) is 0 Å². The van der Waals surface area contributed by atoms with Crippen LogP contribution in [-0.2, 0) is 17.8 Å². The molecular weight excluding hydrogens is 260 g/mol. The van der Waals surface area contributed by atoms with Crippen LogP contribution in [0.5, 0.6) is 0 Å². The van der Waals surface area contributed by atoms with Crippen LogP contribution in [0.1, 0.15) is 31.9 Å². The molecule has 19 heavy (non-hydrogen) atoms. The van der Waals surface area contributed by atoms with Gasteiger partial charge in [-0.2, -0.15) is 0 Å². The topological polar surface area (TPSA) is 50.7 Å². The van der Waals surface area contributed by atoms with E-state index in [1.54, 1.807) is 0 Å². The predicted octanol–water partition coefficient (Wildman–Crippen LogP) is 3.31. The molecule has 1 amide bonds. The molecule has 0 spiro atoms. The zero-order chi connectivity index (χ0) is 14.3. The van der Waals surface area contributed by atoms with Crippen molar-refractivity contribution in [1.29, 1.82) is 0 Å². The standard InChI is InChI=1S/C14H18N2O2S/c1-14(2,3)18-13(17)16-9-12-6-4-11(5-7-12)8-15-10-19/h4-7H,8-9H2,1-3H3,(H,16,17). The highest BCUT2D eigenvalue weighted by Gasteiger charge is 2.15. The van der Waals surface area contributed by atoms with Gasteiger partial charge in [0, 0.05) is 6.54 Å². The first-order valence-corrected chi connectivity index (χ1v) is 6.40. The van der Waals surface area contributed by atoms with Gasteiger partial charge in [0.25, 0.3) is 0 Å². The first-order chi connectivity index (χ1) is 8.90. The lowest BCUT2D eigenvalue weighted by molar-refractivity contribution is 0.0523. The van der Waals surface area contributed by atoms with E-state index in [1.807, 2.05) is 45.0 Å². The van der Waals surface area contributed by atoms with Crippen molar-refractivity contribution < 1.29 is 9.53 Å². The summed E-state index contributed by atoms with van der Waals surface area (Å²) in [4.78, 5) is 15.3. The minimum absolute atomic E-state index is 0.415. The number of alkyl carbamates (subject to hydrolysis) is 1. The van der Waals surface area contributed by atoms with Crippen LogP contribution in [0.15, 0.2) is 29.3 Å². The third-order valence-corrected chi connectivity index (χ3v) is 2.31. The molecule has 0 aliphatic heterocycles. The zero-order valence-corrected chi connectivity index (χ0v) is 12.2. The van der Waals surface area contributed by atoms with Crippen molar-refractivity contribution >= 4 is 23.5 Å². The number of benzene rings is 1. The number of amides is 1. The number of carbonyl (C=O) groups is 1. The highest BCUT2D eigenvalue weighted by Crippen LogP contribution is 2.08. The average molecular weight is 278 g/mol. The van der Waals surface area contributed by atoms with Gasteiger partial charge in [-0.3, -0.25) is 0 Å². The maximum atomic E-state index is 11.5. The molecule has 0 aliphatic carbocycles. The summed E-state index contributed by atoms with van der Waals surface area (Å²) in [6.07, 6.45) is -0.415. The smallest absolute Gasteiger partial charge is 0.407 e. The number of isothiocyanates is 1. The number of carbonyl (C=O) groups excluding carboxylic acids is 1. The van der Waals surface area contributed by atoms with Crippen LogP contribution in [0.4, 0.5) is 4.79 Å². The summed E-state index contributed by atoms with van der Waals surface area (Å²) in [6, 6.07) is 7.77. The van der Waals surface area contributed by atoms with Gasteiger partial charge in [-0.1, -0.05) is 24.3 Å². The van der Waals surface area contributed by atoms with Gasteiger partial charge in [0.2, 0.25) is 0 Å². The first kappa shape index (κ1) is 15.3. The van der Waals surface area contributed by atoms with Gasteiger partial charge in [-0.15, -0.1) is 0 Å². The van der Waals surface area contributed by atoms with E-state index in [9.17, 15) is 4.79 Å². The van der Waals surface area contributed by atoms with Gasteiger partial charge >= 0.3 is 6.09 Å². The van der Waals surface area contributed by atoms with Crippen LogP contribution < -0.4 is 5.32 Å². The third kappa shape index (κ3) is 6.70. The summed E-state index contributed by atoms with van der Waals surface area (Å²) in [5.41, 5.74) is 1.58. The van der Waals surface area contributed by atoms with Crippen molar-refractivity contribution in [2.75, 3.05) is 0 Å². The number of thiocarbonyl (C=S) groups is 1. The van der Waals surface area contributed by atoms with Crippen molar-refractivity contribution in [2.24, 2.45) is 4.99 Å². The zero-order valence-electron chi connectivity index (χ0n) is 11.4. The third-order valence-electron chi connectivity index (χ3n) is 2.18. The highest BCUT2D eigenvalue weighted by molar-refractivity contribution is 7.78. The van der Waals surface area contributed by atoms with Gasteiger partial charge < -0.3 is 10.1 Å². The Balaban J connectivity index is 2.45. The highest BCUT2D eigenvalue weighted by atomic mass is 32.1. The molecule has 0 heterocycles. The lowest BCUT2D eigenvalue weighted by Gasteiger charge is -2.19. The van der Waals surface area contributed by atoms with E-state index in [-0.39, 0.29) is 0 Å². The van der Waals surface area contributed by atoms with Crippen molar-refractivity contribution in [3.63, 3.8) is 0 Å². The van der Waals surface area contributed by atoms with Crippen molar-refractivity contribution in [2.45, 2.75) is 39.5 Å². The minimum atomic E-state index is -0.480. The van der Waals surface area contributed by atoms with E-state index in [4.69, 9.17) is 4.74 Å². The molecule has 5 heteroatoms. The molecule has 0 unspecified atom stereocenters. The fourth-order valence-corrected chi connectivity index (χ4v) is 1.44. The van der Waals surface area contributed by atoms with Crippen LogP contribution in [0.25, 0.3) is 0 Å². The number of nitrogens with one attached hydrogen (secondary N) is 1. The predicted molar refractivity (Wildman–Crippen MR) is 78.2 cm³/mol. The molecule has 4 nitrogen and oxygen atoms in total. The lowest BCUT2D eigenvalue weighted by Crippen LogP contribution is -2.32. The van der Waals surface area contributed by atoms with Gasteiger partial charge in [0.15, 0.2) is 0 Å². The van der Waals surface area contributed by atoms with E-state index in [0.29, 0.717) is 13.1 Å². The molecular formula is C14H18N2O2S. The van der Waals surface area contributed by atoms with E-state index >= 15 is 0 Å². The van der Waals surface area contributed by atoms with E-state index in [2.05, 4.69) is 27.7 Å². The fourth-order valence-electron chi connectivity index (χ4n) is 1.37. The molecule has 102 valence electrons. The molecule has 1 aromatic carbocycles. The Bertz CT molecular complexity index is 471. The molecule has 0 saturated carbocycles. The summed E-state index contributed by atoms with van der Waals surface area (Å²) in [7, 11) is 0. The molecule has 0 aliphatic rings. The van der Waals surface area contributed by atoms with Crippen LogP contribution >= 0.6 is 12.2 Å². The summed E-state index contributed by atoms with van der Waals surface area (Å²) in [5, 5.41) is 5.03. The number of hydrogen-bond donors (Lipinski definition) is 1. The Morgan fingerprint density at radius 3 is 2.42 bits per heavy atom. The second-order valence-electron chi connectivity index (χ2n) is 5.08. The second kappa shape index (κ2) is 7.02. The monoisotopic (exact) mass is 278 g/mol. The average Bonchev–Trinajstić information content (AvgIpc) is 2.33. The number of ether oxygens (including phenoxy) is 1. The van der Waals surface area contributed by atoms with Gasteiger partial charge in [0.05, 0.1) is 11.7 Å². The normalized spacial score (nSPS) is 10.5. The number of rotatable bonds is 4. The van der Waals surface area contributed by atoms with E-state index < -0.39 is 11.7 Å². The molecule has 1 N–H and O–H groups in total. The number of nitrogens with zero attached hydrogens (tertiary/aromatic N) is 1. The van der Waals surface area contributed by atoms with Gasteiger partial charge in [-0.25, -0.2) is 9.79 Å². The fraction of sp³-hybridized carbons (Fsp3) is 0.429. The minimum Gasteiger partial charge on any atom is -0.444 e. The van der Waals surface area contributed by atoms with Crippen LogP contribution in [0.3, 0.4) is 0 Å². The molecule has 0 aromatic heterocycles. The van der Waals surface area contributed by atoms with Crippen molar-refractivity contribution in [3.05, 3.63) is 35.4 Å².